The van der Waals surface area contributed by atoms with Crippen LogP contribution in [0.15, 0.2) is 66.4 Å². The topological polar surface area (TPSA) is 188 Å². The third kappa shape index (κ3) is 12.5. The van der Waals surface area contributed by atoms with Crippen molar-refractivity contribution < 1.29 is 38.9 Å². The Hall–Kier alpha value is -4.29. The number of carbonyl (C=O) groups excluding carboxylic acids is 3. The smallest absolute Gasteiger partial charge is 0.326 e. The molecule has 0 aliphatic rings. The molecule has 0 aromatic heterocycles. The normalized spacial score (nSPS) is 15.8. The van der Waals surface area contributed by atoms with E-state index in [2.05, 4.69) is 42.3 Å². The fraction of sp³-hybridized carbons (Fsp3) is 0.469. The lowest BCUT2D eigenvalue weighted by Gasteiger charge is -2.23. The van der Waals surface area contributed by atoms with Gasteiger partial charge in [0.25, 0.3) is 5.91 Å². The van der Waals surface area contributed by atoms with Crippen molar-refractivity contribution in [1.82, 2.24) is 15.5 Å². The average molecular weight is 615 g/mol. The number of carbonyl (C=O) groups is 5. The van der Waals surface area contributed by atoms with Crippen LogP contribution in [-0.4, -0.2) is 83.2 Å². The number of nitrogens with two attached hydrogens (primary N) is 1. The quantitative estimate of drug-likeness (QED) is 0.122. The monoisotopic (exact) mass is 614 g/mol. The molecule has 6 atom stereocenters. The Bertz CT molecular complexity index is 1230. The number of carboxylic acids is 2. The maximum atomic E-state index is 12.8. The molecule has 0 aliphatic carbocycles. The predicted octanol–water partition coefficient (Wildman–Crippen LogP) is 2.26. The van der Waals surface area contributed by atoms with Crippen molar-refractivity contribution in [1.29, 1.82) is 0 Å². The summed E-state index contributed by atoms with van der Waals surface area (Å²) < 4.78 is 5.70. The number of hydrogen-bond acceptors (Lipinski definition) is 7. The van der Waals surface area contributed by atoms with E-state index in [1.54, 1.807) is 20.1 Å². The minimum atomic E-state index is -1.38. The van der Waals surface area contributed by atoms with Crippen LogP contribution in [0, 0.1) is 11.8 Å². The van der Waals surface area contributed by atoms with Crippen LogP contribution in [0.4, 0.5) is 0 Å². The maximum Gasteiger partial charge on any atom is 0.326 e. The van der Waals surface area contributed by atoms with Crippen molar-refractivity contribution in [3.8, 4) is 0 Å². The highest BCUT2D eigenvalue weighted by Crippen LogP contribution is 2.17. The van der Waals surface area contributed by atoms with Crippen molar-refractivity contribution in [2.75, 3.05) is 14.2 Å². The molecule has 1 aromatic rings. The highest BCUT2D eigenvalue weighted by Gasteiger charge is 2.28. The Morgan fingerprint density at radius 2 is 1.66 bits per heavy atom. The number of hydrogen-bond donors (Lipinski definition) is 5. The first-order chi connectivity index (χ1) is 20.6. The van der Waals surface area contributed by atoms with Crippen LogP contribution < -0.4 is 16.4 Å². The van der Waals surface area contributed by atoms with Gasteiger partial charge in [0.2, 0.25) is 11.8 Å². The summed E-state index contributed by atoms with van der Waals surface area (Å²) in [5, 5.41) is 23.2. The highest BCUT2D eigenvalue weighted by molar-refractivity contribution is 5.98. The molecular formula is C32H46N4O8. The lowest BCUT2D eigenvalue weighted by atomic mass is 9.95. The summed E-state index contributed by atoms with van der Waals surface area (Å²) in [5.41, 5.74) is 8.01. The fourth-order valence-corrected chi connectivity index (χ4v) is 4.15. The van der Waals surface area contributed by atoms with Crippen molar-refractivity contribution in [3.63, 3.8) is 0 Å². The Morgan fingerprint density at radius 1 is 1.05 bits per heavy atom. The van der Waals surface area contributed by atoms with Gasteiger partial charge in [-0.05, 0) is 32.3 Å². The number of amides is 3. The second-order valence-electron chi connectivity index (χ2n) is 10.8. The molecule has 242 valence electrons. The van der Waals surface area contributed by atoms with Crippen LogP contribution >= 0.6 is 0 Å². The van der Waals surface area contributed by atoms with Crippen LogP contribution in [-0.2, 0) is 35.1 Å². The molecule has 0 aliphatic heterocycles. The molecule has 0 bridgehead atoms. The van der Waals surface area contributed by atoms with Crippen LogP contribution in [0.25, 0.3) is 0 Å². The summed E-state index contributed by atoms with van der Waals surface area (Å²) in [5.74, 6) is -5.38. The SMILES string of the molecule is C=C(C(=O)N[C@H](C)C(=O)O)N(C)C(=O)CC[C@@H](NC(=O)[C@@H](C)[C@@H](N)/C=C/C(C)=C/[C@H](C)[C@H](Cc1ccccc1)OC)C(=O)O. The first-order valence-corrected chi connectivity index (χ1v) is 14.3. The Labute approximate surface area is 259 Å². The van der Waals surface area contributed by atoms with Crippen LogP contribution in [0.1, 0.15) is 46.1 Å². The summed E-state index contributed by atoms with van der Waals surface area (Å²) >= 11 is 0. The zero-order chi connectivity index (χ0) is 33.6. The van der Waals surface area contributed by atoms with E-state index >= 15 is 0 Å². The molecule has 0 spiro atoms. The molecule has 0 heterocycles. The Balaban J connectivity index is 2.73. The third-order valence-electron chi connectivity index (χ3n) is 7.29. The molecule has 1 aromatic carbocycles. The van der Waals surface area contributed by atoms with Gasteiger partial charge in [-0.3, -0.25) is 19.2 Å². The number of nitrogens with one attached hydrogen (secondary N) is 2. The predicted molar refractivity (Wildman–Crippen MR) is 166 cm³/mol. The standard InChI is InChI=1S/C32H46N4O8/c1-19(17-20(2)27(44-7)18-24-11-9-8-10-12-24)13-14-25(33)21(3)29(38)35-26(32(42)43)15-16-28(37)36(6)23(5)30(39)34-22(4)31(40)41/h8-14,17,20-22,25-27H,5,15-16,18,33H2,1-4,6-7H3,(H,34,39)(H,35,38)(H,40,41)(H,42,43)/b14-13+,19-17+/t20-,21-,22+,25-,26+,27-/m0/s1. The van der Waals surface area contributed by atoms with E-state index in [-0.39, 0.29) is 30.6 Å². The lowest BCUT2D eigenvalue weighted by molar-refractivity contribution is -0.143. The van der Waals surface area contributed by atoms with Gasteiger partial charge in [-0.25, -0.2) is 4.79 Å². The van der Waals surface area contributed by atoms with Gasteiger partial charge < -0.3 is 36.2 Å². The van der Waals surface area contributed by atoms with Crippen molar-refractivity contribution in [3.05, 3.63) is 72.0 Å². The first kappa shape index (κ1) is 37.7. The van der Waals surface area contributed by atoms with Gasteiger partial charge in [-0.1, -0.05) is 74.6 Å². The molecule has 1 rings (SSSR count). The van der Waals surface area contributed by atoms with Crippen LogP contribution in [0.3, 0.4) is 0 Å². The van der Waals surface area contributed by atoms with Crippen molar-refractivity contribution in [2.24, 2.45) is 17.6 Å². The molecule has 0 saturated carbocycles. The maximum absolute atomic E-state index is 12.8. The van der Waals surface area contributed by atoms with Gasteiger partial charge in [-0.15, -0.1) is 0 Å². The van der Waals surface area contributed by atoms with Crippen LogP contribution in [0.5, 0.6) is 0 Å². The summed E-state index contributed by atoms with van der Waals surface area (Å²) in [6.45, 7) is 10.3. The van der Waals surface area contributed by atoms with Gasteiger partial charge in [0.05, 0.1) is 12.0 Å². The molecule has 3 amide bonds. The van der Waals surface area contributed by atoms with Crippen molar-refractivity contribution in [2.45, 2.75) is 71.2 Å². The number of allylic oxidation sites excluding steroid dienone is 2. The number of benzene rings is 1. The van der Waals surface area contributed by atoms with E-state index in [0.29, 0.717) is 0 Å². The van der Waals surface area contributed by atoms with E-state index in [9.17, 15) is 29.1 Å². The van der Waals surface area contributed by atoms with Crippen molar-refractivity contribution >= 4 is 29.7 Å². The number of carboxylic acid groups (broad SMARTS) is 2. The van der Waals surface area contributed by atoms with Gasteiger partial charge in [0, 0.05) is 32.5 Å². The largest absolute Gasteiger partial charge is 0.480 e. The molecule has 44 heavy (non-hydrogen) atoms. The Morgan fingerprint density at radius 3 is 2.20 bits per heavy atom. The number of aliphatic carboxylic acids is 2. The van der Waals surface area contributed by atoms with Gasteiger partial charge >= 0.3 is 11.9 Å². The second kappa shape index (κ2) is 18.4. The van der Waals surface area contributed by atoms with E-state index in [1.807, 2.05) is 31.2 Å². The number of nitrogens with zero attached hydrogens (tertiary/aromatic N) is 1. The molecule has 0 radical (unpaired) electrons. The summed E-state index contributed by atoms with van der Waals surface area (Å²) in [7, 11) is 2.94. The Kier molecular flexibility index (Phi) is 15.8. The summed E-state index contributed by atoms with van der Waals surface area (Å²) in [6, 6.07) is 6.75. The molecular weight excluding hydrogens is 568 g/mol. The first-order valence-electron chi connectivity index (χ1n) is 14.3. The van der Waals surface area contributed by atoms with E-state index < -0.39 is 53.7 Å². The van der Waals surface area contributed by atoms with E-state index in [4.69, 9.17) is 15.6 Å². The number of rotatable bonds is 18. The zero-order valence-corrected chi connectivity index (χ0v) is 26.3. The van der Waals surface area contributed by atoms with Gasteiger partial charge in [-0.2, -0.15) is 0 Å². The van der Waals surface area contributed by atoms with E-state index in [1.165, 1.54) is 19.5 Å². The molecule has 0 saturated heterocycles. The molecule has 0 unspecified atom stereocenters. The summed E-state index contributed by atoms with van der Waals surface area (Å²) in [6.07, 6.45) is 5.68. The molecule has 12 nitrogen and oxygen atoms in total. The fourth-order valence-electron chi connectivity index (χ4n) is 4.15. The zero-order valence-electron chi connectivity index (χ0n) is 26.3. The molecule has 12 heteroatoms. The average Bonchev–Trinajstić information content (AvgIpc) is 2.99. The lowest BCUT2D eigenvalue weighted by Crippen LogP contribution is -2.47. The molecule has 6 N–H and O–H groups in total. The minimum Gasteiger partial charge on any atom is -0.480 e. The second-order valence-corrected chi connectivity index (χ2v) is 10.8. The molecule has 0 fully saturated rings. The van der Waals surface area contributed by atoms with Gasteiger partial charge in [0.1, 0.15) is 17.8 Å². The number of likely N-dealkylation sites (N-methyl/N-ethyl adjacent to an activating group) is 1. The van der Waals surface area contributed by atoms with Gasteiger partial charge in [0.15, 0.2) is 0 Å². The summed E-state index contributed by atoms with van der Waals surface area (Å²) in [4.78, 5) is 61.2. The number of ether oxygens (including phenoxy) is 1. The highest BCUT2D eigenvalue weighted by atomic mass is 16.5. The number of methoxy groups -OCH3 is 1. The van der Waals surface area contributed by atoms with Crippen LogP contribution in [0.2, 0.25) is 0 Å². The van der Waals surface area contributed by atoms with E-state index in [0.717, 1.165) is 16.9 Å². The third-order valence-corrected chi connectivity index (χ3v) is 7.29. The minimum absolute atomic E-state index is 0.0328.